The number of anilines is 1. The van der Waals surface area contributed by atoms with Crippen molar-refractivity contribution >= 4 is 35.2 Å². The number of nitrogens with zero attached hydrogens (tertiary/aromatic N) is 4. The van der Waals surface area contributed by atoms with Gasteiger partial charge in [0.2, 0.25) is 0 Å². The molecule has 2 heterocycles. The van der Waals surface area contributed by atoms with Gasteiger partial charge in [0.05, 0.1) is 23.3 Å². The number of fused-ring (bicyclic) bond motifs is 1. The first-order valence-corrected chi connectivity index (χ1v) is 12.7. The number of carbonyl (C=O) groups is 1. The molecule has 0 radical (unpaired) electrons. The van der Waals surface area contributed by atoms with Crippen LogP contribution < -0.4 is 10.8 Å². The van der Waals surface area contributed by atoms with Crippen molar-refractivity contribution in [1.29, 1.82) is 0 Å². The van der Waals surface area contributed by atoms with Gasteiger partial charge in [-0.2, -0.15) is 8.78 Å². The van der Waals surface area contributed by atoms with Gasteiger partial charge >= 0.3 is 5.92 Å². The molecular weight excluding hydrogens is 454 g/mol. The number of aromatic nitrogens is 3. The summed E-state index contributed by atoms with van der Waals surface area (Å²) in [4.78, 5) is 25.6. The molecule has 1 atom stereocenters. The number of rotatable bonds is 6. The first-order valence-electron chi connectivity index (χ1n) is 10.1. The summed E-state index contributed by atoms with van der Waals surface area (Å²) in [6, 6.07) is 4.36. The Hall–Kier alpha value is -3.00. The Morgan fingerprint density at radius 1 is 1.21 bits per heavy atom. The van der Waals surface area contributed by atoms with Gasteiger partial charge in [-0.1, -0.05) is 12.1 Å². The maximum absolute atomic E-state index is 15.2. The number of carbonyl (C=O) groups excluding carboxylic acids is 1. The molecule has 1 N–H and O–H groups in total. The summed E-state index contributed by atoms with van der Waals surface area (Å²) in [6.07, 6.45) is 1.49. The lowest BCUT2D eigenvalue weighted by Crippen LogP contribution is -2.38. The molecule has 33 heavy (non-hydrogen) atoms. The number of pyridine rings is 1. The van der Waals surface area contributed by atoms with E-state index in [0.29, 0.717) is 28.0 Å². The van der Waals surface area contributed by atoms with Crippen LogP contribution in [0.2, 0.25) is 0 Å². The molecule has 0 aliphatic carbocycles. The van der Waals surface area contributed by atoms with Crippen LogP contribution in [-0.4, -0.2) is 53.2 Å². The molecule has 0 fully saturated rings. The summed E-state index contributed by atoms with van der Waals surface area (Å²) in [5.41, 5.74) is -0.186. The second kappa shape index (κ2) is 8.74. The van der Waals surface area contributed by atoms with E-state index in [0.717, 1.165) is 11.0 Å². The number of nitrogens with one attached hydrogen (secondary N) is 1. The van der Waals surface area contributed by atoms with Crippen molar-refractivity contribution < 1.29 is 22.5 Å². The minimum Gasteiger partial charge on any atom is -0.363 e. The van der Waals surface area contributed by atoms with Gasteiger partial charge < -0.3 is 14.8 Å². The lowest BCUT2D eigenvalue weighted by Gasteiger charge is -2.23. The zero-order valence-electron chi connectivity index (χ0n) is 19.2. The van der Waals surface area contributed by atoms with Crippen LogP contribution in [0.1, 0.15) is 29.9 Å². The largest absolute Gasteiger partial charge is 0.363 e. The Bertz CT molecular complexity index is 1280. The summed E-state index contributed by atoms with van der Waals surface area (Å²) >= 11 is 0. The first-order chi connectivity index (χ1) is 15.2. The number of alkyl halides is 2. The van der Waals surface area contributed by atoms with E-state index in [1.165, 1.54) is 32.4 Å². The molecule has 3 aromatic rings. The van der Waals surface area contributed by atoms with Crippen LogP contribution in [0.4, 0.5) is 19.0 Å². The zero-order valence-corrected chi connectivity index (χ0v) is 20.0. The van der Waals surface area contributed by atoms with E-state index in [2.05, 4.69) is 20.3 Å². The summed E-state index contributed by atoms with van der Waals surface area (Å²) in [5.74, 6) is -5.98. The van der Waals surface area contributed by atoms with Crippen molar-refractivity contribution in [2.45, 2.75) is 25.8 Å². The van der Waals surface area contributed by atoms with Crippen LogP contribution in [0.25, 0.3) is 10.9 Å². The van der Waals surface area contributed by atoms with E-state index in [1.807, 2.05) is 0 Å². The van der Waals surface area contributed by atoms with Gasteiger partial charge in [0.15, 0.2) is 0 Å². The van der Waals surface area contributed by atoms with Crippen molar-refractivity contribution in [1.82, 2.24) is 19.9 Å². The second-order valence-electron chi connectivity index (χ2n) is 8.38. The van der Waals surface area contributed by atoms with Gasteiger partial charge in [0.1, 0.15) is 30.0 Å². The maximum atomic E-state index is 15.2. The van der Waals surface area contributed by atoms with Gasteiger partial charge in [-0.25, -0.2) is 14.4 Å². The molecule has 1 amide bonds. The van der Waals surface area contributed by atoms with Gasteiger partial charge in [0, 0.05) is 25.0 Å². The predicted octanol–water partition coefficient (Wildman–Crippen LogP) is 4.07. The fraction of sp³-hybridized carbons (Fsp3) is 0.364. The van der Waals surface area contributed by atoms with Crippen LogP contribution in [0, 0.1) is 12.7 Å². The fourth-order valence-corrected chi connectivity index (χ4v) is 4.12. The highest BCUT2D eigenvalue weighted by atomic mass is 31.2. The molecule has 0 saturated heterocycles. The molecule has 0 spiro atoms. The highest BCUT2D eigenvalue weighted by Gasteiger charge is 2.45. The molecule has 0 bridgehead atoms. The molecule has 2 aromatic heterocycles. The van der Waals surface area contributed by atoms with E-state index in [1.54, 1.807) is 33.2 Å². The van der Waals surface area contributed by atoms with E-state index >= 15 is 4.39 Å². The molecule has 0 aliphatic rings. The smallest absolute Gasteiger partial charge is 0.352 e. The minimum absolute atomic E-state index is 0.0610. The third kappa shape index (κ3) is 4.85. The van der Waals surface area contributed by atoms with Crippen LogP contribution in [0.5, 0.6) is 0 Å². The fourth-order valence-electron chi connectivity index (χ4n) is 3.35. The molecule has 1 aromatic carbocycles. The van der Waals surface area contributed by atoms with Crippen LogP contribution in [0.3, 0.4) is 0 Å². The highest BCUT2D eigenvalue weighted by molar-refractivity contribution is 7.69. The SMILES string of the molecule is Cc1nc(N[C@H](C)c2cccc(C(F)(F)C(=O)N(C)C)c2F)c2cc(P(C)(C)=O)ncc2n1. The number of halogens is 3. The molecule has 0 saturated carbocycles. The van der Waals surface area contributed by atoms with Crippen LogP contribution >= 0.6 is 7.14 Å². The van der Waals surface area contributed by atoms with E-state index in [4.69, 9.17) is 0 Å². The van der Waals surface area contributed by atoms with Crippen LogP contribution in [-0.2, 0) is 15.3 Å². The number of benzene rings is 1. The number of likely N-dealkylation sites (N-methyl/N-ethyl adjacent to an activating group) is 1. The van der Waals surface area contributed by atoms with E-state index in [-0.39, 0.29) is 5.56 Å². The summed E-state index contributed by atoms with van der Waals surface area (Å²) in [7, 11) is -0.311. The minimum atomic E-state index is -4.02. The van der Waals surface area contributed by atoms with Crippen LogP contribution in [0.15, 0.2) is 30.5 Å². The van der Waals surface area contributed by atoms with Gasteiger partial charge in [-0.15, -0.1) is 0 Å². The Morgan fingerprint density at radius 3 is 2.48 bits per heavy atom. The third-order valence-corrected chi connectivity index (χ3v) is 6.44. The Balaban J connectivity index is 2.06. The zero-order chi connectivity index (χ0) is 24.7. The van der Waals surface area contributed by atoms with Crippen molar-refractivity contribution in [3.8, 4) is 0 Å². The van der Waals surface area contributed by atoms with Gasteiger partial charge in [-0.05, 0) is 39.3 Å². The Labute approximate surface area is 189 Å². The molecule has 0 unspecified atom stereocenters. The molecule has 176 valence electrons. The van der Waals surface area contributed by atoms with Gasteiger partial charge in [-0.3, -0.25) is 9.78 Å². The van der Waals surface area contributed by atoms with Crippen molar-refractivity contribution in [3.05, 3.63) is 53.2 Å². The topological polar surface area (TPSA) is 88.1 Å². The molecule has 3 rings (SSSR count). The Kier molecular flexibility index (Phi) is 6.53. The summed E-state index contributed by atoms with van der Waals surface area (Å²) in [5, 5.41) is 3.56. The van der Waals surface area contributed by atoms with E-state index in [9.17, 15) is 18.1 Å². The lowest BCUT2D eigenvalue weighted by atomic mass is 9.99. The normalized spacial score (nSPS) is 13.1. The maximum Gasteiger partial charge on any atom is 0.352 e. The van der Waals surface area contributed by atoms with Gasteiger partial charge in [0.25, 0.3) is 5.91 Å². The molecular formula is C22H25F3N5O2P. The number of hydrogen-bond donors (Lipinski definition) is 1. The van der Waals surface area contributed by atoms with E-state index < -0.39 is 36.4 Å². The number of hydrogen-bond acceptors (Lipinski definition) is 6. The molecule has 7 nitrogen and oxygen atoms in total. The average molecular weight is 479 g/mol. The summed E-state index contributed by atoms with van der Waals surface area (Å²) < 4.78 is 57.0. The quantitative estimate of drug-likeness (QED) is 0.537. The van der Waals surface area contributed by atoms with Crippen molar-refractivity contribution in [3.63, 3.8) is 0 Å². The number of aryl methyl sites for hydroxylation is 1. The molecule has 11 heteroatoms. The van der Waals surface area contributed by atoms with Crippen molar-refractivity contribution in [2.75, 3.05) is 32.7 Å². The molecule has 0 aliphatic heterocycles. The average Bonchev–Trinajstić information content (AvgIpc) is 2.71. The second-order valence-corrected chi connectivity index (χ2v) is 11.5. The third-order valence-electron chi connectivity index (χ3n) is 5.09. The number of amides is 1. The highest BCUT2D eigenvalue weighted by Crippen LogP contribution is 2.37. The Morgan fingerprint density at radius 2 is 1.88 bits per heavy atom. The standard InChI is InChI=1S/C22H25F3N5O2P/c1-12(14-8-7-9-16(19(14)23)22(24,25)21(31)30(3)4)27-20-15-10-18(33(5,6)32)26-11-17(15)28-13(2)29-20/h7-12H,1-6H3,(H,27,28,29)/t12-/m1/s1. The lowest BCUT2D eigenvalue weighted by molar-refractivity contribution is -0.156. The first kappa shape index (κ1) is 24.6. The summed E-state index contributed by atoms with van der Waals surface area (Å²) in [6.45, 7) is 6.43. The monoisotopic (exact) mass is 479 g/mol. The predicted molar refractivity (Wildman–Crippen MR) is 122 cm³/mol. The van der Waals surface area contributed by atoms with Crippen molar-refractivity contribution in [2.24, 2.45) is 0 Å².